The van der Waals surface area contributed by atoms with Crippen LogP contribution in [0.3, 0.4) is 0 Å². The predicted molar refractivity (Wildman–Crippen MR) is 58.9 cm³/mol. The van der Waals surface area contributed by atoms with E-state index in [0.29, 0.717) is 19.0 Å². The van der Waals surface area contributed by atoms with Crippen LogP contribution in [0.1, 0.15) is 13.8 Å². The molecular weight excluding hydrogens is 241 g/mol. The van der Waals surface area contributed by atoms with Gasteiger partial charge >= 0.3 is 12.9 Å². The molecule has 90 valence electrons. The quantitative estimate of drug-likeness (QED) is 0.528. The molecule has 0 aliphatic carbocycles. The minimum absolute atomic E-state index is 0.0874. The van der Waals surface area contributed by atoms with Gasteiger partial charge in [-0.1, -0.05) is 0 Å². The van der Waals surface area contributed by atoms with E-state index in [2.05, 4.69) is 4.74 Å². The predicted octanol–water partition coefficient (Wildman–Crippen LogP) is 2.00. The van der Waals surface area contributed by atoms with Crippen molar-refractivity contribution in [2.75, 3.05) is 25.6 Å². The van der Waals surface area contributed by atoms with Gasteiger partial charge in [0.1, 0.15) is 6.61 Å². The molecule has 8 heteroatoms. The molecule has 0 unspecified atom stereocenters. The summed E-state index contributed by atoms with van der Waals surface area (Å²) in [7, 11) is 0. The van der Waals surface area contributed by atoms with Crippen molar-refractivity contribution in [3.05, 3.63) is 0 Å². The third kappa shape index (κ3) is 7.67. The van der Waals surface area contributed by atoms with Crippen LogP contribution >= 0.6 is 18.2 Å². The van der Waals surface area contributed by atoms with Crippen LogP contribution in [-0.2, 0) is 18.3 Å². The number of carbonyl (C=O) groups is 1. The van der Waals surface area contributed by atoms with E-state index in [9.17, 15) is 9.36 Å². The largest absolute Gasteiger partial charge is 0.449 e. The zero-order valence-electron chi connectivity index (χ0n) is 8.80. The third-order valence-corrected chi connectivity index (χ3v) is 5.09. The van der Waals surface area contributed by atoms with Crippen molar-refractivity contribution in [3.63, 3.8) is 0 Å². The van der Waals surface area contributed by atoms with Gasteiger partial charge < -0.3 is 19.5 Å². The van der Waals surface area contributed by atoms with Crippen LogP contribution in [-0.4, -0.2) is 31.7 Å². The lowest BCUT2D eigenvalue weighted by Crippen LogP contribution is -2.14. The number of carbonyl (C=O) groups excluding carboxylic acids is 1. The topological polar surface area (TPSA) is 87.8 Å². The molecule has 1 amide bonds. The molecule has 0 aromatic heterocycles. The van der Waals surface area contributed by atoms with Crippen LogP contribution in [0.25, 0.3) is 0 Å². The number of rotatable bonds is 8. The highest BCUT2D eigenvalue weighted by atomic mass is 32.7. The second-order valence-corrected chi connectivity index (χ2v) is 6.48. The first kappa shape index (κ1) is 14.8. The van der Waals surface area contributed by atoms with Crippen LogP contribution in [0.5, 0.6) is 0 Å². The monoisotopic (exact) mass is 257 g/mol. The van der Waals surface area contributed by atoms with Gasteiger partial charge in [-0.05, 0) is 25.2 Å². The van der Waals surface area contributed by atoms with Crippen molar-refractivity contribution in [3.8, 4) is 0 Å². The molecule has 0 spiro atoms. The van der Waals surface area contributed by atoms with Gasteiger partial charge in [-0.15, -0.1) is 0 Å². The third-order valence-electron chi connectivity index (χ3n) is 1.15. The van der Waals surface area contributed by atoms with Crippen LogP contribution in [0.15, 0.2) is 0 Å². The summed E-state index contributed by atoms with van der Waals surface area (Å²) in [6, 6.07) is 0. The lowest BCUT2D eigenvalue weighted by Gasteiger charge is -2.15. The molecule has 0 aliphatic rings. The van der Waals surface area contributed by atoms with E-state index in [1.54, 1.807) is 13.8 Å². The van der Waals surface area contributed by atoms with Gasteiger partial charge in [0, 0.05) is 5.75 Å². The minimum Gasteiger partial charge on any atom is -0.449 e. The first-order valence-electron chi connectivity index (χ1n) is 4.50. The summed E-state index contributed by atoms with van der Waals surface area (Å²) < 4.78 is 26.3. The molecule has 0 fully saturated rings. The molecule has 0 saturated carbocycles. The average Bonchev–Trinajstić information content (AvgIpc) is 2.13. The summed E-state index contributed by atoms with van der Waals surface area (Å²) in [6.07, 6.45) is -0.849. The molecule has 0 saturated heterocycles. The molecule has 0 rings (SSSR count). The van der Waals surface area contributed by atoms with Crippen molar-refractivity contribution in [1.82, 2.24) is 0 Å². The Morgan fingerprint density at radius 2 is 1.87 bits per heavy atom. The molecule has 0 aromatic carbocycles. The number of nitrogens with two attached hydrogens (primary N) is 1. The molecule has 0 atom stereocenters. The Morgan fingerprint density at radius 3 is 2.27 bits per heavy atom. The number of hydrogen-bond donors (Lipinski definition) is 1. The van der Waals surface area contributed by atoms with Crippen molar-refractivity contribution >= 4 is 24.3 Å². The summed E-state index contributed by atoms with van der Waals surface area (Å²) in [5, 5.41) is 0. The van der Waals surface area contributed by atoms with Crippen molar-refractivity contribution in [1.29, 1.82) is 0 Å². The Hall–Kier alpha value is -0.230. The highest BCUT2D eigenvalue weighted by Crippen LogP contribution is 2.60. The number of ether oxygens (including phenoxy) is 1. The zero-order chi connectivity index (χ0) is 11.7. The summed E-state index contributed by atoms with van der Waals surface area (Å²) in [5.41, 5.74) is 4.76. The standard InChI is InChI=1S/C7H16NO5PS/c1-3-12-14(10,13-4-2)15-6-5-11-7(8)9/h3-6H2,1-2H3,(H2,8,9). The molecule has 0 bridgehead atoms. The molecular formula is C7H16NO5PS. The van der Waals surface area contributed by atoms with E-state index in [1.807, 2.05) is 0 Å². The normalized spacial score (nSPS) is 11.3. The maximum atomic E-state index is 11.8. The maximum Gasteiger partial charge on any atom is 0.404 e. The minimum atomic E-state index is -3.09. The Bertz CT molecular complexity index is 227. The number of amides is 1. The fourth-order valence-electron chi connectivity index (χ4n) is 0.719. The highest BCUT2D eigenvalue weighted by molar-refractivity contribution is 8.55. The van der Waals surface area contributed by atoms with Gasteiger partial charge in [0.15, 0.2) is 0 Å². The Morgan fingerprint density at radius 1 is 1.33 bits per heavy atom. The molecule has 2 N–H and O–H groups in total. The van der Waals surface area contributed by atoms with Gasteiger partial charge in [-0.2, -0.15) is 0 Å². The Labute approximate surface area is 93.1 Å². The van der Waals surface area contributed by atoms with Crippen LogP contribution in [0.4, 0.5) is 4.79 Å². The average molecular weight is 257 g/mol. The van der Waals surface area contributed by atoms with E-state index in [4.69, 9.17) is 14.8 Å². The molecule has 6 nitrogen and oxygen atoms in total. The second-order valence-electron chi connectivity index (χ2n) is 2.28. The fraction of sp³-hybridized carbons (Fsp3) is 0.857. The SMILES string of the molecule is CCOP(=O)(OCC)SCCOC(N)=O. The first-order valence-corrected chi connectivity index (χ1v) is 7.63. The molecule has 0 heterocycles. The molecule has 15 heavy (non-hydrogen) atoms. The number of hydrogen-bond acceptors (Lipinski definition) is 6. The van der Waals surface area contributed by atoms with Gasteiger partial charge in [0.2, 0.25) is 0 Å². The first-order chi connectivity index (χ1) is 7.04. The summed E-state index contributed by atoms with van der Waals surface area (Å²) in [4.78, 5) is 10.2. The van der Waals surface area contributed by atoms with Gasteiger partial charge in [-0.3, -0.25) is 0 Å². The molecule has 0 aliphatic heterocycles. The van der Waals surface area contributed by atoms with Crippen molar-refractivity contribution < 1.29 is 23.1 Å². The van der Waals surface area contributed by atoms with E-state index < -0.39 is 12.9 Å². The second kappa shape index (κ2) is 7.98. The summed E-state index contributed by atoms with van der Waals surface area (Å²) >= 11 is 0.993. The lowest BCUT2D eigenvalue weighted by atomic mass is 10.9. The summed E-state index contributed by atoms with van der Waals surface area (Å²) in [6.45, 7) is 1.06. The van der Waals surface area contributed by atoms with E-state index >= 15 is 0 Å². The highest BCUT2D eigenvalue weighted by Gasteiger charge is 2.24. The van der Waals surface area contributed by atoms with Crippen molar-refractivity contribution in [2.24, 2.45) is 5.73 Å². The fourth-order valence-corrected chi connectivity index (χ4v) is 3.93. The maximum absolute atomic E-state index is 11.8. The Balaban J connectivity index is 3.85. The van der Waals surface area contributed by atoms with Gasteiger partial charge in [0.05, 0.1) is 13.2 Å². The van der Waals surface area contributed by atoms with Crippen LogP contribution in [0, 0.1) is 0 Å². The summed E-state index contributed by atoms with van der Waals surface area (Å²) in [5.74, 6) is 0.320. The van der Waals surface area contributed by atoms with Crippen molar-refractivity contribution in [2.45, 2.75) is 13.8 Å². The molecule has 0 radical (unpaired) electrons. The zero-order valence-corrected chi connectivity index (χ0v) is 10.5. The van der Waals surface area contributed by atoms with Gasteiger partial charge in [0.25, 0.3) is 0 Å². The van der Waals surface area contributed by atoms with Gasteiger partial charge in [-0.25, -0.2) is 9.36 Å². The smallest absolute Gasteiger partial charge is 0.404 e. The van der Waals surface area contributed by atoms with E-state index in [1.165, 1.54) is 0 Å². The number of primary amides is 1. The Kier molecular flexibility index (Phi) is 7.86. The van der Waals surface area contributed by atoms with E-state index in [-0.39, 0.29) is 6.61 Å². The van der Waals surface area contributed by atoms with Crippen LogP contribution < -0.4 is 5.73 Å². The van der Waals surface area contributed by atoms with E-state index in [0.717, 1.165) is 11.4 Å². The van der Waals surface area contributed by atoms with Crippen LogP contribution in [0.2, 0.25) is 0 Å². The lowest BCUT2D eigenvalue weighted by molar-refractivity contribution is 0.164. The molecule has 0 aromatic rings.